The van der Waals surface area contributed by atoms with E-state index in [0.29, 0.717) is 11.8 Å². The van der Waals surface area contributed by atoms with Gasteiger partial charge in [-0.1, -0.05) is 34.6 Å². The topological polar surface area (TPSA) is 0 Å². The lowest BCUT2D eigenvalue weighted by atomic mass is 9.85. The average Bonchev–Trinajstić information content (AvgIpc) is 1.97. The van der Waals surface area contributed by atoms with E-state index in [4.69, 9.17) is 0 Å². The van der Waals surface area contributed by atoms with Gasteiger partial charge in [0.1, 0.15) is 6.17 Å². The minimum atomic E-state index is -0.604. The van der Waals surface area contributed by atoms with Crippen molar-refractivity contribution in [1.82, 2.24) is 0 Å². The van der Waals surface area contributed by atoms with Gasteiger partial charge >= 0.3 is 0 Å². The van der Waals surface area contributed by atoms with Crippen LogP contribution in [-0.2, 0) is 0 Å². The van der Waals surface area contributed by atoms with Crippen LogP contribution in [0.15, 0.2) is 0 Å². The van der Waals surface area contributed by atoms with Crippen molar-refractivity contribution in [2.75, 3.05) is 0 Å². The normalized spacial score (nSPS) is 17.5. The third kappa shape index (κ3) is 5.56. The molecule has 0 aromatic carbocycles. The summed E-state index contributed by atoms with van der Waals surface area (Å²) in [6.45, 7) is 10.6. The highest BCUT2D eigenvalue weighted by molar-refractivity contribution is 4.68. The average molecular weight is 174 g/mol. The summed E-state index contributed by atoms with van der Waals surface area (Å²) in [4.78, 5) is 0. The fourth-order valence-corrected chi connectivity index (χ4v) is 1.24. The molecule has 1 heteroatoms. The van der Waals surface area contributed by atoms with Crippen LogP contribution in [0.4, 0.5) is 4.39 Å². The Morgan fingerprint density at radius 2 is 1.75 bits per heavy atom. The van der Waals surface area contributed by atoms with E-state index >= 15 is 0 Å². The summed E-state index contributed by atoms with van der Waals surface area (Å²) in [5.41, 5.74) is 0.349. The maximum atomic E-state index is 13.1. The lowest BCUT2D eigenvalue weighted by Gasteiger charge is -2.22. The predicted octanol–water partition coefficient (Wildman–Crippen LogP) is 4.20. The van der Waals surface area contributed by atoms with Crippen LogP contribution in [0.1, 0.15) is 53.9 Å². The first-order chi connectivity index (χ1) is 5.37. The molecular weight excluding hydrogens is 151 g/mol. The Kier molecular flexibility index (Phi) is 4.81. The van der Waals surface area contributed by atoms with E-state index in [1.807, 2.05) is 13.8 Å². The van der Waals surface area contributed by atoms with E-state index in [1.54, 1.807) is 0 Å². The van der Waals surface area contributed by atoms with Gasteiger partial charge in [-0.3, -0.25) is 0 Å². The molecule has 0 heterocycles. The van der Waals surface area contributed by atoms with Gasteiger partial charge in [-0.25, -0.2) is 4.39 Å². The molecule has 0 spiro atoms. The van der Waals surface area contributed by atoms with Gasteiger partial charge in [0.25, 0.3) is 0 Å². The number of halogens is 1. The number of hydrogen-bond donors (Lipinski definition) is 0. The van der Waals surface area contributed by atoms with Crippen molar-refractivity contribution in [3.8, 4) is 0 Å². The molecule has 0 fully saturated rings. The summed E-state index contributed by atoms with van der Waals surface area (Å²) in [7, 11) is 0. The van der Waals surface area contributed by atoms with Crippen LogP contribution < -0.4 is 0 Å². The van der Waals surface area contributed by atoms with Crippen molar-refractivity contribution < 1.29 is 4.39 Å². The standard InChI is InChI=1S/C11H23F/c1-6-10(12)9(2)7-8-11(3,4)5/h9-10H,6-8H2,1-5H3. The van der Waals surface area contributed by atoms with Gasteiger partial charge in [0.15, 0.2) is 0 Å². The Morgan fingerprint density at radius 3 is 2.08 bits per heavy atom. The predicted molar refractivity (Wildman–Crippen MR) is 53.0 cm³/mol. The summed E-state index contributed by atoms with van der Waals surface area (Å²) < 4.78 is 13.1. The highest BCUT2D eigenvalue weighted by Gasteiger charge is 2.17. The third-order valence-electron chi connectivity index (χ3n) is 2.36. The zero-order valence-electron chi connectivity index (χ0n) is 9.15. The summed E-state index contributed by atoms with van der Waals surface area (Å²) in [5.74, 6) is 0.231. The molecular formula is C11H23F. The Bertz CT molecular complexity index is 113. The monoisotopic (exact) mass is 174 g/mol. The van der Waals surface area contributed by atoms with Crippen molar-refractivity contribution in [3.05, 3.63) is 0 Å². The Morgan fingerprint density at radius 1 is 1.25 bits per heavy atom. The van der Waals surface area contributed by atoms with Crippen LogP contribution in [0.2, 0.25) is 0 Å². The van der Waals surface area contributed by atoms with Crippen LogP contribution in [0.5, 0.6) is 0 Å². The van der Waals surface area contributed by atoms with Crippen LogP contribution in [0, 0.1) is 11.3 Å². The zero-order valence-corrected chi connectivity index (χ0v) is 9.15. The SMILES string of the molecule is CCC(F)C(C)CCC(C)(C)C. The lowest BCUT2D eigenvalue weighted by molar-refractivity contribution is 0.203. The molecule has 0 nitrogen and oxygen atoms in total. The second-order valence-electron chi connectivity index (χ2n) is 5.00. The Hall–Kier alpha value is -0.0700. The first kappa shape index (κ1) is 11.9. The van der Waals surface area contributed by atoms with E-state index in [1.165, 1.54) is 0 Å². The molecule has 0 amide bonds. The molecule has 0 saturated heterocycles. The fourth-order valence-electron chi connectivity index (χ4n) is 1.24. The number of alkyl halides is 1. The Labute approximate surface area is 76.6 Å². The van der Waals surface area contributed by atoms with Gasteiger partial charge in [-0.05, 0) is 30.6 Å². The van der Waals surface area contributed by atoms with Crippen LogP contribution in [-0.4, -0.2) is 6.17 Å². The largest absolute Gasteiger partial charge is 0.247 e. The Balaban J connectivity index is 3.64. The van der Waals surface area contributed by atoms with Gasteiger partial charge in [0.05, 0.1) is 0 Å². The molecule has 0 saturated carbocycles. The first-order valence-corrected chi connectivity index (χ1v) is 5.01. The summed E-state index contributed by atoms with van der Waals surface area (Å²) in [6.07, 6.45) is 2.19. The molecule has 0 aromatic heterocycles. The van der Waals surface area contributed by atoms with Gasteiger partial charge in [-0.15, -0.1) is 0 Å². The molecule has 0 aromatic rings. The van der Waals surface area contributed by atoms with Crippen molar-refractivity contribution in [3.63, 3.8) is 0 Å². The van der Waals surface area contributed by atoms with Gasteiger partial charge < -0.3 is 0 Å². The highest BCUT2D eigenvalue weighted by Crippen LogP contribution is 2.26. The van der Waals surface area contributed by atoms with Gasteiger partial charge in [0, 0.05) is 0 Å². The van der Waals surface area contributed by atoms with E-state index < -0.39 is 6.17 Å². The molecule has 0 N–H and O–H groups in total. The quantitative estimate of drug-likeness (QED) is 0.599. The maximum absolute atomic E-state index is 13.1. The first-order valence-electron chi connectivity index (χ1n) is 5.01. The van der Waals surface area contributed by atoms with Crippen molar-refractivity contribution in [1.29, 1.82) is 0 Å². The van der Waals surface area contributed by atoms with Crippen molar-refractivity contribution in [2.24, 2.45) is 11.3 Å². The summed E-state index contributed by atoms with van der Waals surface area (Å²) >= 11 is 0. The third-order valence-corrected chi connectivity index (χ3v) is 2.36. The molecule has 0 rings (SSSR count). The van der Waals surface area contributed by atoms with E-state index in [-0.39, 0.29) is 5.92 Å². The number of rotatable bonds is 4. The van der Waals surface area contributed by atoms with E-state index in [2.05, 4.69) is 20.8 Å². The summed E-state index contributed by atoms with van der Waals surface area (Å²) in [5, 5.41) is 0. The fraction of sp³-hybridized carbons (Fsp3) is 1.00. The van der Waals surface area contributed by atoms with Crippen LogP contribution in [0.25, 0.3) is 0 Å². The van der Waals surface area contributed by atoms with E-state index in [0.717, 1.165) is 12.8 Å². The zero-order chi connectivity index (χ0) is 9.78. The molecule has 0 aliphatic heterocycles. The van der Waals surface area contributed by atoms with Crippen LogP contribution >= 0.6 is 0 Å². The minimum Gasteiger partial charge on any atom is -0.247 e. The van der Waals surface area contributed by atoms with Crippen LogP contribution in [0.3, 0.4) is 0 Å². The molecule has 0 aliphatic carbocycles. The van der Waals surface area contributed by atoms with Gasteiger partial charge in [-0.2, -0.15) is 0 Å². The van der Waals surface area contributed by atoms with Crippen molar-refractivity contribution >= 4 is 0 Å². The molecule has 12 heavy (non-hydrogen) atoms. The molecule has 2 atom stereocenters. The molecule has 0 bridgehead atoms. The summed E-state index contributed by atoms with van der Waals surface area (Å²) in [6, 6.07) is 0. The lowest BCUT2D eigenvalue weighted by Crippen LogP contribution is -2.15. The smallest absolute Gasteiger partial charge is 0.102 e. The molecule has 74 valence electrons. The minimum absolute atomic E-state index is 0.231. The molecule has 2 unspecified atom stereocenters. The maximum Gasteiger partial charge on any atom is 0.102 e. The highest BCUT2D eigenvalue weighted by atomic mass is 19.1. The molecule has 0 radical (unpaired) electrons. The molecule has 0 aliphatic rings. The second-order valence-corrected chi connectivity index (χ2v) is 5.00. The number of hydrogen-bond acceptors (Lipinski definition) is 0. The second kappa shape index (κ2) is 4.84. The van der Waals surface area contributed by atoms with Gasteiger partial charge in [0.2, 0.25) is 0 Å². The van der Waals surface area contributed by atoms with E-state index in [9.17, 15) is 4.39 Å². The van der Waals surface area contributed by atoms with Crippen molar-refractivity contribution in [2.45, 2.75) is 60.1 Å².